The van der Waals surface area contributed by atoms with Crippen molar-refractivity contribution in [3.8, 4) is 23.8 Å². The van der Waals surface area contributed by atoms with Crippen LogP contribution in [0.4, 0.5) is 0 Å². The Balaban J connectivity index is 1.92. The molecule has 37 heavy (non-hydrogen) atoms. The molecule has 1 atom stereocenters. The summed E-state index contributed by atoms with van der Waals surface area (Å²) in [5.74, 6) is 3.13. The summed E-state index contributed by atoms with van der Waals surface area (Å²) >= 11 is 1.26. The summed E-state index contributed by atoms with van der Waals surface area (Å²) in [5.41, 5.74) is 2.01. The Hall–Kier alpha value is -4.09. The fourth-order valence-electron chi connectivity index (χ4n) is 4.12. The first-order valence-electron chi connectivity index (χ1n) is 12.0. The smallest absolute Gasteiger partial charge is 0.338 e. The van der Waals surface area contributed by atoms with Gasteiger partial charge in [-0.05, 0) is 57.5 Å². The highest BCUT2D eigenvalue weighted by Crippen LogP contribution is 2.36. The Morgan fingerprint density at radius 1 is 1.24 bits per heavy atom. The number of fused-ring (bicyclic) bond motifs is 1. The fourth-order valence-corrected chi connectivity index (χ4v) is 5.17. The quantitative estimate of drug-likeness (QED) is 0.338. The van der Waals surface area contributed by atoms with E-state index in [-0.39, 0.29) is 24.9 Å². The molecule has 1 aromatic heterocycles. The second kappa shape index (κ2) is 11.3. The Bertz CT molecular complexity index is 1570. The monoisotopic (exact) mass is 516 g/mol. The average molecular weight is 517 g/mol. The number of nitrogens with zero attached hydrogens (tertiary/aromatic N) is 2. The third kappa shape index (κ3) is 5.52. The molecule has 0 amide bonds. The number of thiazole rings is 1. The molecule has 190 valence electrons. The van der Waals surface area contributed by atoms with Crippen LogP contribution in [0, 0.1) is 12.3 Å². The molecule has 1 aliphatic rings. The van der Waals surface area contributed by atoms with E-state index >= 15 is 0 Å². The molecule has 7 nitrogen and oxygen atoms in total. The van der Waals surface area contributed by atoms with E-state index < -0.39 is 12.0 Å². The summed E-state index contributed by atoms with van der Waals surface area (Å²) in [6, 6.07) is 14.0. The van der Waals surface area contributed by atoms with Crippen molar-refractivity contribution in [2.24, 2.45) is 4.99 Å². The lowest BCUT2D eigenvalue weighted by molar-refractivity contribution is -0.139. The van der Waals surface area contributed by atoms with Crippen LogP contribution in [0.15, 0.2) is 69.6 Å². The Morgan fingerprint density at radius 3 is 2.76 bits per heavy atom. The van der Waals surface area contributed by atoms with Crippen molar-refractivity contribution in [1.29, 1.82) is 0 Å². The Labute approximate surface area is 219 Å². The van der Waals surface area contributed by atoms with Gasteiger partial charge in [0.2, 0.25) is 0 Å². The van der Waals surface area contributed by atoms with Crippen LogP contribution in [0.25, 0.3) is 6.08 Å². The minimum Gasteiger partial charge on any atom is -0.491 e. The third-order valence-corrected chi connectivity index (χ3v) is 6.55. The van der Waals surface area contributed by atoms with Crippen LogP contribution in [-0.2, 0) is 9.53 Å². The summed E-state index contributed by atoms with van der Waals surface area (Å²) < 4.78 is 19.0. The number of hydrogen-bond acceptors (Lipinski definition) is 7. The summed E-state index contributed by atoms with van der Waals surface area (Å²) in [7, 11) is 0. The molecule has 0 spiro atoms. The summed E-state index contributed by atoms with van der Waals surface area (Å²) in [6.45, 7) is 7.71. The van der Waals surface area contributed by atoms with E-state index in [0.717, 1.165) is 5.56 Å². The van der Waals surface area contributed by atoms with Crippen LogP contribution in [0.1, 0.15) is 44.9 Å². The number of aromatic nitrogens is 1. The molecule has 8 heteroatoms. The van der Waals surface area contributed by atoms with E-state index in [1.807, 2.05) is 56.3 Å². The van der Waals surface area contributed by atoms with Crippen LogP contribution in [0.5, 0.6) is 11.5 Å². The molecule has 0 unspecified atom stereocenters. The number of terminal acetylenes is 1. The van der Waals surface area contributed by atoms with E-state index in [9.17, 15) is 9.59 Å². The number of carbonyl (C=O) groups is 1. The molecule has 0 aliphatic carbocycles. The number of esters is 1. The van der Waals surface area contributed by atoms with E-state index in [1.165, 1.54) is 11.3 Å². The van der Waals surface area contributed by atoms with Crippen LogP contribution in [0.3, 0.4) is 0 Å². The number of ether oxygens (including phenoxy) is 3. The second-order valence-electron chi connectivity index (χ2n) is 8.57. The van der Waals surface area contributed by atoms with Gasteiger partial charge in [0.15, 0.2) is 4.80 Å². The number of rotatable bonds is 8. The minimum absolute atomic E-state index is 0.0999. The first-order valence-corrected chi connectivity index (χ1v) is 12.8. The van der Waals surface area contributed by atoms with E-state index in [2.05, 4.69) is 10.9 Å². The third-order valence-electron chi connectivity index (χ3n) is 5.57. The first-order chi connectivity index (χ1) is 17.8. The zero-order chi connectivity index (χ0) is 26.5. The van der Waals surface area contributed by atoms with Gasteiger partial charge in [-0.15, -0.1) is 6.42 Å². The maximum absolute atomic E-state index is 13.8. The molecule has 0 radical (unpaired) electrons. The molecular formula is C29H28N2O5S. The molecule has 0 bridgehead atoms. The largest absolute Gasteiger partial charge is 0.491 e. The summed E-state index contributed by atoms with van der Waals surface area (Å²) in [6.07, 6.45) is 6.97. The number of carbonyl (C=O) groups excluding carboxylic acids is 1. The van der Waals surface area contributed by atoms with Crippen molar-refractivity contribution in [2.45, 2.75) is 39.8 Å². The molecule has 1 aliphatic heterocycles. The normalized spacial score (nSPS) is 15.1. The lowest BCUT2D eigenvalue weighted by atomic mass is 9.95. The number of allylic oxidation sites excluding steroid dienone is 1. The zero-order valence-corrected chi connectivity index (χ0v) is 22.0. The predicted molar refractivity (Wildman–Crippen MR) is 143 cm³/mol. The molecule has 2 heterocycles. The maximum Gasteiger partial charge on any atom is 0.338 e. The van der Waals surface area contributed by atoms with Gasteiger partial charge in [0.25, 0.3) is 5.56 Å². The standard InChI is InChI=1S/C29H28N2O5S/c1-6-15-35-21-12-10-11-20(16-21)17-24-27(32)31-26(22-13-8-9-14-23(22)36-18(3)4)25(28(33)34-7-2)19(5)30-29(31)37-24/h1,8-14,16-18,26H,7,15H2,2-5H3/b24-17-/t26-/m1/s1. The van der Waals surface area contributed by atoms with Crippen molar-refractivity contribution in [3.63, 3.8) is 0 Å². The average Bonchev–Trinajstić information content (AvgIpc) is 3.16. The molecule has 3 aromatic rings. The minimum atomic E-state index is -0.752. The van der Waals surface area contributed by atoms with Gasteiger partial charge in [0.05, 0.1) is 28.5 Å². The van der Waals surface area contributed by atoms with Crippen LogP contribution in [-0.4, -0.2) is 29.9 Å². The highest BCUT2D eigenvalue weighted by Gasteiger charge is 2.35. The Kier molecular flexibility index (Phi) is 7.95. The lowest BCUT2D eigenvalue weighted by Gasteiger charge is -2.26. The fraction of sp³-hybridized carbons (Fsp3) is 0.276. The zero-order valence-electron chi connectivity index (χ0n) is 21.2. The number of benzene rings is 2. The molecule has 2 aromatic carbocycles. The number of hydrogen-bond donors (Lipinski definition) is 0. The predicted octanol–water partition coefficient (Wildman–Crippen LogP) is 3.60. The lowest BCUT2D eigenvalue weighted by Crippen LogP contribution is -2.40. The molecular weight excluding hydrogens is 488 g/mol. The van der Waals surface area contributed by atoms with E-state index in [0.29, 0.717) is 37.7 Å². The van der Waals surface area contributed by atoms with Crippen LogP contribution >= 0.6 is 11.3 Å². The van der Waals surface area contributed by atoms with Crippen molar-refractivity contribution in [3.05, 3.63) is 90.6 Å². The molecule has 4 rings (SSSR count). The van der Waals surface area contributed by atoms with Gasteiger partial charge in [0.1, 0.15) is 24.1 Å². The van der Waals surface area contributed by atoms with Crippen molar-refractivity contribution in [1.82, 2.24) is 4.57 Å². The second-order valence-corrected chi connectivity index (χ2v) is 9.58. The Morgan fingerprint density at radius 2 is 2.03 bits per heavy atom. The van der Waals surface area contributed by atoms with Gasteiger partial charge in [-0.1, -0.05) is 47.6 Å². The topological polar surface area (TPSA) is 79.1 Å². The highest BCUT2D eigenvalue weighted by molar-refractivity contribution is 7.07. The molecule has 0 saturated carbocycles. The van der Waals surface area contributed by atoms with Crippen molar-refractivity contribution >= 4 is 23.4 Å². The maximum atomic E-state index is 13.8. The first kappa shape index (κ1) is 26.0. The molecule has 0 N–H and O–H groups in total. The van der Waals surface area contributed by atoms with E-state index in [1.54, 1.807) is 30.6 Å². The highest BCUT2D eigenvalue weighted by atomic mass is 32.1. The van der Waals surface area contributed by atoms with Crippen LogP contribution < -0.4 is 24.4 Å². The summed E-state index contributed by atoms with van der Waals surface area (Å²) in [4.78, 5) is 32.1. The molecule has 0 saturated heterocycles. The van der Waals surface area contributed by atoms with Gasteiger partial charge in [-0.3, -0.25) is 9.36 Å². The van der Waals surface area contributed by atoms with Gasteiger partial charge in [-0.25, -0.2) is 9.79 Å². The van der Waals surface area contributed by atoms with Gasteiger partial charge in [0, 0.05) is 5.56 Å². The summed E-state index contributed by atoms with van der Waals surface area (Å²) in [5, 5.41) is 0. The molecule has 0 fully saturated rings. The number of para-hydroxylation sites is 1. The van der Waals surface area contributed by atoms with E-state index in [4.69, 9.17) is 20.6 Å². The SMILES string of the molecule is C#CCOc1cccc(/C=c2\sc3n(c2=O)[C@H](c2ccccc2OC(C)C)C(C(=O)OCC)=C(C)N=3)c1. The van der Waals surface area contributed by atoms with Gasteiger partial charge in [-0.2, -0.15) is 0 Å². The van der Waals surface area contributed by atoms with Crippen molar-refractivity contribution < 1.29 is 19.0 Å². The van der Waals surface area contributed by atoms with Gasteiger partial charge >= 0.3 is 5.97 Å². The van der Waals surface area contributed by atoms with Crippen LogP contribution in [0.2, 0.25) is 0 Å². The van der Waals surface area contributed by atoms with Gasteiger partial charge < -0.3 is 14.2 Å². The van der Waals surface area contributed by atoms with Crippen molar-refractivity contribution in [2.75, 3.05) is 13.2 Å².